The summed E-state index contributed by atoms with van der Waals surface area (Å²) in [6.45, 7) is -0.256. The smallest absolute Gasteiger partial charge is 0.337 e. The number of aromatic nitrogens is 1. The van der Waals surface area contributed by atoms with Crippen molar-refractivity contribution in [2.45, 2.75) is 30.3 Å². The number of fused-ring (bicyclic) bond motifs is 1. The number of hydrogen-bond acceptors (Lipinski definition) is 3. The van der Waals surface area contributed by atoms with Crippen molar-refractivity contribution in [3.8, 4) is 11.1 Å². The Kier molecular flexibility index (Phi) is 7.03. The summed E-state index contributed by atoms with van der Waals surface area (Å²) in [5.74, 6) is -0.221. The molecule has 2 heterocycles. The van der Waals surface area contributed by atoms with Crippen molar-refractivity contribution in [2.75, 3.05) is 12.8 Å². The fraction of sp³-hybridized carbons (Fsp3) is 0.188. The third-order valence-electron chi connectivity index (χ3n) is 7.51. The number of nitrogens with zero attached hydrogens (tertiary/aromatic N) is 2. The topological polar surface area (TPSA) is 42.3 Å². The summed E-state index contributed by atoms with van der Waals surface area (Å²) < 4.78 is 82.5. The molecule has 0 saturated carbocycles. The molecule has 4 nitrogen and oxygen atoms in total. The van der Waals surface area contributed by atoms with Gasteiger partial charge in [-0.25, -0.2) is 0 Å². The van der Waals surface area contributed by atoms with Crippen LogP contribution in [0.25, 0.3) is 32.8 Å². The van der Waals surface area contributed by atoms with Gasteiger partial charge in [0.1, 0.15) is 5.56 Å². The highest BCUT2D eigenvalue weighted by Gasteiger charge is 2.37. The average molecular weight is 613 g/mol. The second-order valence-corrected chi connectivity index (χ2v) is 11.4. The van der Waals surface area contributed by atoms with E-state index in [1.165, 1.54) is 11.6 Å². The number of carbonyl (C=O) groups excluding carboxylic acids is 1. The third kappa shape index (κ3) is 5.15. The molecule has 11 heteroatoms. The van der Waals surface area contributed by atoms with Gasteiger partial charge in [-0.05, 0) is 46.2 Å². The predicted molar refractivity (Wildman–Crippen MR) is 154 cm³/mol. The van der Waals surface area contributed by atoms with E-state index in [1.54, 1.807) is 23.9 Å². The van der Waals surface area contributed by atoms with Crippen molar-refractivity contribution in [1.29, 1.82) is 0 Å². The molecule has 1 aliphatic heterocycles. The summed E-state index contributed by atoms with van der Waals surface area (Å²) in [5.41, 5.74) is -2.42. The first kappa shape index (κ1) is 28.9. The lowest BCUT2D eigenvalue weighted by Gasteiger charge is -2.25. The molecule has 4 aromatic carbocycles. The van der Waals surface area contributed by atoms with Crippen molar-refractivity contribution in [3.05, 3.63) is 111 Å². The van der Waals surface area contributed by atoms with E-state index in [2.05, 4.69) is 0 Å². The second-order valence-electron chi connectivity index (χ2n) is 10.3. The average Bonchev–Trinajstić information content (AvgIpc) is 2.97. The van der Waals surface area contributed by atoms with Crippen LogP contribution < -0.4 is 5.56 Å². The van der Waals surface area contributed by atoms with Crippen LogP contribution in [0.15, 0.2) is 88.6 Å². The SMILES string of the molecule is CN(Cc1cc(C(F)(F)F)cc(C(F)(F)F)c1)C(=O)c1c(-c2cccc3ccccc23)c2cccc3c2n(c1=O)CCS3. The van der Waals surface area contributed by atoms with Crippen LogP contribution in [0.2, 0.25) is 0 Å². The summed E-state index contributed by atoms with van der Waals surface area (Å²) in [5, 5.41) is 2.30. The fourth-order valence-corrected chi connectivity index (χ4v) is 6.65. The lowest BCUT2D eigenvalue weighted by molar-refractivity contribution is -0.143. The lowest BCUT2D eigenvalue weighted by Crippen LogP contribution is -2.36. The van der Waals surface area contributed by atoms with Crippen LogP contribution in [-0.4, -0.2) is 28.2 Å². The summed E-state index contributed by atoms with van der Waals surface area (Å²) in [4.78, 5) is 30.1. The molecule has 0 fully saturated rings. The van der Waals surface area contributed by atoms with Gasteiger partial charge in [0, 0.05) is 41.7 Å². The zero-order valence-corrected chi connectivity index (χ0v) is 23.3. The minimum atomic E-state index is -5.03. The van der Waals surface area contributed by atoms with Crippen molar-refractivity contribution >= 4 is 39.3 Å². The van der Waals surface area contributed by atoms with Gasteiger partial charge in [0.05, 0.1) is 16.6 Å². The molecule has 5 aromatic rings. The number of carbonyl (C=O) groups is 1. The molecule has 0 atom stereocenters. The van der Waals surface area contributed by atoms with E-state index in [0.717, 1.165) is 20.6 Å². The molecule has 43 heavy (non-hydrogen) atoms. The standard InChI is InChI=1S/C32H22F6N2O2S/c1-39(17-18-14-20(31(33,34)35)16-21(15-18)32(36,37)38)29(41)27-26(23-9-4-7-19-6-2-3-8-22(19)23)24-10-5-11-25-28(24)40(30(27)42)12-13-43-25/h2-11,14-16H,12-13,17H2,1H3. The monoisotopic (exact) mass is 612 g/mol. The molecule has 1 aliphatic rings. The number of amides is 1. The first-order valence-electron chi connectivity index (χ1n) is 13.2. The zero-order valence-electron chi connectivity index (χ0n) is 22.5. The predicted octanol–water partition coefficient (Wildman–Crippen LogP) is 8.24. The fourth-order valence-electron chi connectivity index (χ4n) is 5.63. The van der Waals surface area contributed by atoms with Crippen LogP contribution in [0.1, 0.15) is 27.0 Å². The highest BCUT2D eigenvalue weighted by Crippen LogP contribution is 2.41. The Morgan fingerprint density at radius 1 is 0.860 bits per heavy atom. The molecule has 6 rings (SSSR count). The molecule has 1 aromatic heterocycles. The van der Waals surface area contributed by atoms with Crippen LogP contribution in [0.4, 0.5) is 26.3 Å². The number of halogens is 6. The number of hydrogen-bond donors (Lipinski definition) is 0. The molecular weight excluding hydrogens is 590 g/mol. The third-order valence-corrected chi connectivity index (χ3v) is 8.53. The van der Waals surface area contributed by atoms with Gasteiger partial charge in [-0.1, -0.05) is 54.6 Å². The van der Waals surface area contributed by atoms with Crippen LogP contribution in [0.5, 0.6) is 0 Å². The number of benzene rings is 4. The van der Waals surface area contributed by atoms with E-state index >= 15 is 0 Å². The second kappa shape index (κ2) is 10.5. The van der Waals surface area contributed by atoms with Gasteiger partial charge in [-0.3, -0.25) is 9.59 Å². The molecule has 220 valence electrons. The molecule has 0 radical (unpaired) electrons. The quantitative estimate of drug-likeness (QED) is 0.192. The summed E-state index contributed by atoms with van der Waals surface area (Å²) in [6.07, 6.45) is -10.1. The molecule has 0 saturated heterocycles. The van der Waals surface area contributed by atoms with Gasteiger partial charge in [0.2, 0.25) is 0 Å². The maximum absolute atomic E-state index is 14.1. The Balaban J connectivity index is 1.55. The Labute approximate surface area is 245 Å². The van der Waals surface area contributed by atoms with E-state index in [4.69, 9.17) is 0 Å². The maximum Gasteiger partial charge on any atom is 0.416 e. The Bertz CT molecular complexity index is 1940. The summed E-state index contributed by atoms with van der Waals surface area (Å²) in [6, 6.07) is 19.7. The van der Waals surface area contributed by atoms with Gasteiger partial charge in [-0.15, -0.1) is 11.8 Å². The Morgan fingerprint density at radius 2 is 1.49 bits per heavy atom. The lowest BCUT2D eigenvalue weighted by atomic mass is 9.91. The highest BCUT2D eigenvalue weighted by molar-refractivity contribution is 7.99. The van der Waals surface area contributed by atoms with Crippen LogP contribution in [0.3, 0.4) is 0 Å². The minimum absolute atomic E-state index is 0.0417. The number of thioether (sulfide) groups is 1. The number of pyridine rings is 1. The minimum Gasteiger partial charge on any atom is -0.337 e. The first-order chi connectivity index (χ1) is 20.3. The number of para-hydroxylation sites is 1. The summed E-state index contributed by atoms with van der Waals surface area (Å²) in [7, 11) is 1.26. The van der Waals surface area contributed by atoms with Gasteiger partial charge in [-0.2, -0.15) is 26.3 Å². The van der Waals surface area contributed by atoms with E-state index in [0.29, 0.717) is 46.5 Å². The van der Waals surface area contributed by atoms with Crippen LogP contribution >= 0.6 is 11.8 Å². The molecule has 0 spiro atoms. The van der Waals surface area contributed by atoms with E-state index in [-0.39, 0.29) is 17.2 Å². The van der Waals surface area contributed by atoms with Gasteiger partial charge < -0.3 is 9.47 Å². The van der Waals surface area contributed by atoms with E-state index in [1.807, 2.05) is 48.5 Å². The largest absolute Gasteiger partial charge is 0.416 e. The molecule has 0 unspecified atom stereocenters. The first-order valence-corrected chi connectivity index (χ1v) is 14.2. The number of alkyl halides is 6. The normalized spacial score (nSPS) is 13.5. The van der Waals surface area contributed by atoms with Gasteiger partial charge >= 0.3 is 12.4 Å². The Hall–Kier alpha value is -4.25. The molecule has 0 aliphatic carbocycles. The van der Waals surface area contributed by atoms with Crippen molar-refractivity contribution in [1.82, 2.24) is 9.47 Å². The van der Waals surface area contributed by atoms with Crippen molar-refractivity contribution < 1.29 is 31.1 Å². The van der Waals surface area contributed by atoms with E-state index in [9.17, 15) is 35.9 Å². The summed E-state index contributed by atoms with van der Waals surface area (Å²) >= 11 is 1.59. The van der Waals surface area contributed by atoms with Crippen molar-refractivity contribution in [2.24, 2.45) is 0 Å². The molecule has 1 amide bonds. The molecule has 0 N–H and O–H groups in total. The van der Waals surface area contributed by atoms with Crippen molar-refractivity contribution in [3.63, 3.8) is 0 Å². The molecule has 0 bridgehead atoms. The van der Waals surface area contributed by atoms with Gasteiger partial charge in [0.15, 0.2) is 0 Å². The van der Waals surface area contributed by atoms with Gasteiger partial charge in [0.25, 0.3) is 11.5 Å². The number of rotatable bonds is 4. The van der Waals surface area contributed by atoms with E-state index < -0.39 is 41.5 Å². The maximum atomic E-state index is 14.1. The van der Waals surface area contributed by atoms with Crippen LogP contribution in [-0.2, 0) is 25.4 Å². The zero-order chi connectivity index (χ0) is 30.7. The van der Waals surface area contributed by atoms with Crippen LogP contribution in [0, 0.1) is 0 Å². The highest BCUT2D eigenvalue weighted by atomic mass is 32.2. The molecular formula is C32H22F6N2O2S. The Morgan fingerprint density at radius 3 is 2.19 bits per heavy atom. The number of aryl methyl sites for hydroxylation is 1.